The number of nitrogens with zero attached hydrogens (tertiary/aromatic N) is 2. The van der Waals surface area contributed by atoms with Gasteiger partial charge in [0.1, 0.15) is 11.5 Å². The zero-order valence-electron chi connectivity index (χ0n) is 13.2. The van der Waals surface area contributed by atoms with Gasteiger partial charge >= 0.3 is 0 Å². The molecule has 1 aromatic carbocycles. The lowest BCUT2D eigenvalue weighted by Gasteiger charge is -2.26. The Bertz CT molecular complexity index is 719. The Balaban J connectivity index is 2.12. The fourth-order valence-corrected chi connectivity index (χ4v) is 2.32. The number of amides is 1. The summed E-state index contributed by atoms with van der Waals surface area (Å²) in [6.45, 7) is 4.75. The molecule has 122 valence electrons. The van der Waals surface area contributed by atoms with Crippen molar-refractivity contribution in [2.75, 3.05) is 18.9 Å². The molecule has 0 radical (unpaired) electrons. The average molecular weight is 353 g/mol. The second kappa shape index (κ2) is 7.15. The van der Waals surface area contributed by atoms with E-state index in [1.165, 1.54) is 6.20 Å². The Hall–Kier alpha value is -1.85. The molecule has 0 atom stereocenters. The molecule has 23 heavy (non-hydrogen) atoms. The summed E-state index contributed by atoms with van der Waals surface area (Å²) in [5, 5.41) is 6.79. The number of anilines is 1. The minimum absolute atomic E-state index is 0.209. The second-order valence-electron chi connectivity index (χ2n) is 5.74. The Morgan fingerprint density at radius 1 is 1.22 bits per heavy atom. The van der Waals surface area contributed by atoms with Crippen LogP contribution in [0.5, 0.6) is 0 Å². The van der Waals surface area contributed by atoms with E-state index in [4.69, 9.17) is 23.2 Å². The molecule has 1 amide bonds. The second-order valence-corrected chi connectivity index (χ2v) is 6.55. The number of hydrogen-bond acceptors (Lipinski definition) is 4. The van der Waals surface area contributed by atoms with E-state index in [9.17, 15) is 4.79 Å². The number of benzene rings is 1. The molecule has 2 rings (SSSR count). The van der Waals surface area contributed by atoms with Crippen LogP contribution in [-0.2, 0) is 5.41 Å². The van der Waals surface area contributed by atoms with Crippen LogP contribution in [0, 0.1) is 0 Å². The molecule has 7 heteroatoms. The van der Waals surface area contributed by atoms with Crippen molar-refractivity contribution in [1.29, 1.82) is 0 Å². The van der Waals surface area contributed by atoms with Crippen molar-refractivity contribution in [2.45, 2.75) is 19.3 Å². The van der Waals surface area contributed by atoms with Crippen LogP contribution < -0.4 is 10.6 Å². The Morgan fingerprint density at radius 3 is 2.61 bits per heavy atom. The Labute approximate surface area is 145 Å². The molecular formula is C16H18Cl2N4O. The van der Waals surface area contributed by atoms with Crippen molar-refractivity contribution in [3.05, 3.63) is 51.9 Å². The van der Waals surface area contributed by atoms with Crippen LogP contribution in [0.25, 0.3) is 0 Å². The van der Waals surface area contributed by atoms with E-state index in [1.54, 1.807) is 19.3 Å². The molecule has 0 aliphatic carbocycles. The monoisotopic (exact) mass is 352 g/mol. The predicted octanol–water partition coefficient (Wildman–Crippen LogP) is 3.53. The van der Waals surface area contributed by atoms with E-state index < -0.39 is 0 Å². The number of aromatic nitrogens is 2. The molecule has 1 heterocycles. The molecule has 1 aromatic heterocycles. The molecule has 0 bridgehead atoms. The van der Waals surface area contributed by atoms with Crippen molar-refractivity contribution >= 4 is 34.9 Å². The van der Waals surface area contributed by atoms with Gasteiger partial charge in [0.25, 0.3) is 5.91 Å². The van der Waals surface area contributed by atoms with Crippen molar-refractivity contribution in [1.82, 2.24) is 15.3 Å². The van der Waals surface area contributed by atoms with E-state index in [1.807, 2.05) is 12.1 Å². The molecule has 0 aliphatic rings. The molecule has 0 saturated heterocycles. The lowest BCUT2D eigenvalue weighted by atomic mass is 9.84. The van der Waals surface area contributed by atoms with Crippen molar-refractivity contribution < 1.29 is 4.79 Å². The zero-order chi connectivity index (χ0) is 17.0. The number of rotatable bonds is 5. The summed E-state index contributed by atoms with van der Waals surface area (Å²) in [7, 11) is 1.55. The van der Waals surface area contributed by atoms with E-state index >= 15 is 0 Å². The minimum Gasteiger partial charge on any atom is -0.368 e. The highest BCUT2D eigenvalue weighted by atomic mass is 35.5. The third kappa shape index (κ3) is 4.33. The molecular weight excluding hydrogens is 335 g/mol. The fraction of sp³-hybridized carbons (Fsp3) is 0.312. The summed E-state index contributed by atoms with van der Waals surface area (Å²) < 4.78 is 0. The number of nitrogens with one attached hydrogen (secondary N) is 2. The zero-order valence-corrected chi connectivity index (χ0v) is 14.7. The molecule has 0 unspecified atom stereocenters. The molecule has 2 N–H and O–H groups in total. The maximum atomic E-state index is 11.6. The third-order valence-electron chi connectivity index (χ3n) is 3.51. The first-order chi connectivity index (χ1) is 10.8. The van der Waals surface area contributed by atoms with Crippen LogP contribution >= 0.6 is 23.2 Å². The largest absolute Gasteiger partial charge is 0.368 e. The molecule has 2 aromatic rings. The van der Waals surface area contributed by atoms with Gasteiger partial charge in [0, 0.05) is 19.0 Å². The van der Waals surface area contributed by atoms with Gasteiger partial charge in [-0.2, -0.15) is 0 Å². The quantitative estimate of drug-likeness (QED) is 0.863. The van der Waals surface area contributed by atoms with Crippen LogP contribution in [-0.4, -0.2) is 29.5 Å². The maximum Gasteiger partial charge on any atom is 0.271 e. The van der Waals surface area contributed by atoms with Crippen LogP contribution in [0.15, 0.2) is 30.6 Å². The fourth-order valence-electron chi connectivity index (χ4n) is 2.02. The molecule has 0 aliphatic heterocycles. The van der Waals surface area contributed by atoms with Gasteiger partial charge in [-0.1, -0.05) is 43.1 Å². The molecule has 0 spiro atoms. The highest BCUT2D eigenvalue weighted by Crippen LogP contribution is 2.30. The summed E-state index contributed by atoms with van der Waals surface area (Å²) >= 11 is 12.1. The third-order valence-corrected chi connectivity index (χ3v) is 4.25. The van der Waals surface area contributed by atoms with E-state index in [2.05, 4.69) is 34.4 Å². The normalized spacial score (nSPS) is 11.2. The highest BCUT2D eigenvalue weighted by molar-refractivity contribution is 6.42. The Morgan fingerprint density at radius 2 is 1.96 bits per heavy atom. The topological polar surface area (TPSA) is 66.9 Å². The summed E-state index contributed by atoms with van der Waals surface area (Å²) in [6.07, 6.45) is 3.01. The maximum absolute atomic E-state index is 11.6. The van der Waals surface area contributed by atoms with Crippen LogP contribution in [0.1, 0.15) is 29.9 Å². The highest BCUT2D eigenvalue weighted by Gasteiger charge is 2.21. The number of carbonyl (C=O) groups is 1. The van der Waals surface area contributed by atoms with Gasteiger partial charge in [0.2, 0.25) is 0 Å². The van der Waals surface area contributed by atoms with Crippen molar-refractivity contribution in [3.8, 4) is 0 Å². The van der Waals surface area contributed by atoms with E-state index in [0.717, 1.165) is 5.56 Å². The summed E-state index contributed by atoms with van der Waals surface area (Å²) in [5.41, 5.74) is 1.11. The van der Waals surface area contributed by atoms with Gasteiger partial charge < -0.3 is 10.6 Å². The number of hydrogen-bond donors (Lipinski definition) is 2. The van der Waals surface area contributed by atoms with Crippen molar-refractivity contribution in [2.24, 2.45) is 0 Å². The lowest BCUT2D eigenvalue weighted by molar-refractivity contribution is 0.0958. The molecule has 0 fully saturated rings. The SMILES string of the molecule is CNC(=O)c1cncc(NCC(C)(C)c2ccc(Cl)c(Cl)c2)n1. The van der Waals surface area contributed by atoms with Gasteiger partial charge in [-0.15, -0.1) is 0 Å². The average Bonchev–Trinajstić information content (AvgIpc) is 2.55. The minimum atomic E-state index is -0.273. The van der Waals surface area contributed by atoms with E-state index in [0.29, 0.717) is 22.4 Å². The molecule has 5 nitrogen and oxygen atoms in total. The first-order valence-corrected chi connectivity index (χ1v) is 7.82. The van der Waals surface area contributed by atoms with Crippen molar-refractivity contribution in [3.63, 3.8) is 0 Å². The van der Waals surface area contributed by atoms with Gasteiger partial charge in [-0.3, -0.25) is 9.78 Å². The molecule has 0 saturated carbocycles. The van der Waals surface area contributed by atoms with Gasteiger partial charge in [-0.25, -0.2) is 4.98 Å². The van der Waals surface area contributed by atoms with Gasteiger partial charge in [-0.05, 0) is 17.7 Å². The summed E-state index contributed by atoms with van der Waals surface area (Å²) in [5.74, 6) is 0.268. The first kappa shape index (κ1) is 17.5. The van der Waals surface area contributed by atoms with Crippen LogP contribution in [0.2, 0.25) is 10.0 Å². The lowest BCUT2D eigenvalue weighted by Crippen LogP contribution is -2.28. The Kier molecular flexibility index (Phi) is 5.44. The van der Waals surface area contributed by atoms with Gasteiger partial charge in [0.15, 0.2) is 0 Å². The standard InChI is InChI=1S/C16H18Cl2N4O/c1-16(2,10-4-5-11(17)12(18)6-10)9-21-14-8-20-7-13(22-14)15(23)19-3/h4-8H,9H2,1-3H3,(H,19,23)(H,21,22). The summed E-state index contributed by atoms with van der Waals surface area (Å²) in [6, 6.07) is 5.59. The smallest absolute Gasteiger partial charge is 0.271 e. The predicted molar refractivity (Wildman–Crippen MR) is 93.4 cm³/mol. The summed E-state index contributed by atoms with van der Waals surface area (Å²) in [4.78, 5) is 19.9. The van der Waals surface area contributed by atoms with Crippen LogP contribution in [0.4, 0.5) is 5.82 Å². The van der Waals surface area contributed by atoms with Crippen LogP contribution in [0.3, 0.4) is 0 Å². The number of halogens is 2. The van der Waals surface area contributed by atoms with Gasteiger partial charge in [0.05, 0.1) is 22.4 Å². The first-order valence-electron chi connectivity index (χ1n) is 7.07. The van der Waals surface area contributed by atoms with E-state index in [-0.39, 0.29) is 17.0 Å². The number of carbonyl (C=O) groups excluding carboxylic acids is 1.